The first kappa shape index (κ1) is 15.7. The van der Waals surface area contributed by atoms with Crippen molar-refractivity contribution in [2.75, 3.05) is 34.2 Å². The van der Waals surface area contributed by atoms with Gasteiger partial charge in [0.15, 0.2) is 0 Å². The molecule has 0 saturated carbocycles. The van der Waals surface area contributed by atoms with Crippen LogP contribution in [-0.2, 0) is 17.1 Å². The van der Waals surface area contributed by atoms with Crippen molar-refractivity contribution in [3.05, 3.63) is 18.0 Å². The summed E-state index contributed by atoms with van der Waals surface area (Å²) < 4.78 is 27.3. The SMILES string of the molecule is CNCCN(C)S(=O)(=O)c1cc(C(=O)NC)n(C)c1. The van der Waals surface area contributed by atoms with Crippen LogP contribution >= 0.6 is 0 Å². The Morgan fingerprint density at radius 2 is 2.05 bits per heavy atom. The van der Waals surface area contributed by atoms with Crippen molar-refractivity contribution in [1.82, 2.24) is 19.5 Å². The van der Waals surface area contributed by atoms with Crippen LogP contribution in [0.25, 0.3) is 0 Å². The van der Waals surface area contributed by atoms with Gasteiger partial charge in [0, 0.05) is 40.4 Å². The van der Waals surface area contributed by atoms with Gasteiger partial charge in [-0.2, -0.15) is 4.31 Å². The second kappa shape index (κ2) is 6.18. The summed E-state index contributed by atoms with van der Waals surface area (Å²) in [5.74, 6) is -0.318. The number of sulfonamides is 1. The zero-order chi connectivity index (χ0) is 14.6. The summed E-state index contributed by atoms with van der Waals surface area (Å²) in [6, 6.07) is 1.38. The van der Waals surface area contributed by atoms with Crippen LogP contribution in [0.1, 0.15) is 10.5 Å². The summed E-state index contributed by atoms with van der Waals surface area (Å²) in [5.41, 5.74) is 0.308. The summed E-state index contributed by atoms with van der Waals surface area (Å²) in [6.45, 7) is 0.925. The number of carbonyl (C=O) groups is 1. The number of carbonyl (C=O) groups excluding carboxylic acids is 1. The van der Waals surface area contributed by atoms with E-state index in [1.54, 1.807) is 14.1 Å². The minimum absolute atomic E-state index is 0.118. The zero-order valence-corrected chi connectivity index (χ0v) is 12.4. The van der Waals surface area contributed by atoms with E-state index in [1.807, 2.05) is 0 Å². The Morgan fingerprint density at radius 3 is 2.58 bits per heavy atom. The molecule has 1 amide bonds. The van der Waals surface area contributed by atoms with Gasteiger partial charge in [0.25, 0.3) is 5.91 Å². The Labute approximate surface area is 113 Å². The third kappa shape index (κ3) is 3.34. The fourth-order valence-corrected chi connectivity index (χ4v) is 2.84. The maximum atomic E-state index is 12.3. The Morgan fingerprint density at radius 1 is 1.42 bits per heavy atom. The number of amides is 1. The van der Waals surface area contributed by atoms with Gasteiger partial charge in [-0.1, -0.05) is 0 Å². The molecule has 0 unspecified atom stereocenters. The monoisotopic (exact) mass is 288 g/mol. The molecule has 0 aliphatic heterocycles. The molecule has 0 atom stereocenters. The topological polar surface area (TPSA) is 83.4 Å². The van der Waals surface area contributed by atoms with Crippen molar-refractivity contribution in [2.24, 2.45) is 7.05 Å². The molecule has 0 fully saturated rings. The molecule has 2 N–H and O–H groups in total. The van der Waals surface area contributed by atoms with Crippen molar-refractivity contribution in [1.29, 1.82) is 0 Å². The molecule has 8 heteroatoms. The molecular formula is C11H20N4O3S. The second-order valence-electron chi connectivity index (χ2n) is 4.18. The third-order valence-electron chi connectivity index (χ3n) is 2.82. The first-order valence-corrected chi connectivity index (χ1v) is 7.28. The van der Waals surface area contributed by atoms with Crippen LogP contribution in [0.15, 0.2) is 17.2 Å². The van der Waals surface area contributed by atoms with Crippen molar-refractivity contribution >= 4 is 15.9 Å². The average Bonchev–Trinajstić information content (AvgIpc) is 2.77. The molecule has 1 rings (SSSR count). The van der Waals surface area contributed by atoms with E-state index in [0.29, 0.717) is 18.8 Å². The molecule has 0 aromatic carbocycles. The quantitative estimate of drug-likeness (QED) is 0.719. The number of aromatic nitrogens is 1. The number of nitrogens with one attached hydrogen (secondary N) is 2. The van der Waals surface area contributed by atoms with Crippen LogP contribution in [0, 0.1) is 0 Å². The molecule has 7 nitrogen and oxygen atoms in total. The summed E-state index contributed by atoms with van der Waals surface area (Å²) in [7, 11) is 2.85. The van der Waals surface area contributed by atoms with Gasteiger partial charge >= 0.3 is 0 Å². The average molecular weight is 288 g/mol. The molecule has 0 spiro atoms. The Bertz CT molecular complexity index is 550. The number of nitrogens with zero attached hydrogens (tertiary/aromatic N) is 2. The van der Waals surface area contributed by atoms with Crippen LogP contribution < -0.4 is 10.6 Å². The van der Waals surface area contributed by atoms with Crippen molar-refractivity contribution < 1.29 is 13.2 Å². The molecular weight excluding hydrogens is 268 g/mol. The van der Waals surface area contributed by atoms with Gasteiger partial charge in [-0.25, -0.2) is 8.42 Å². The van der Waals surface area contributed by atoms with Gasteiger partial charge in [-0.15, -0.1) is 0 Å². The number of aryl methyl sites for hydroxylation is 1. The highest BCUT2D eigenvalue weighted by Gasteiger charge is 2.24. The van der Waals surface area contributed by atoms with Gasteiger partial charge in [-0.05, 0) is 13.1 Å². The standard InChI is InChI=1S/C11H20N4O3S/c1-12-5-6-15(4)19(17,18)9-7-10(11(16)13-2)14(3)8-9/h7-8,12H,5-6H2,1-4H3,(H,13,16). The lowest BCUT2D eigenvalue weighted by atomic mass is 10.4. The smallest absolute Gasteiger partial charge is 0.267 e. The van der Waals surface area contributed by atoms with E-state index in [1.165, 1.54) is 35.2 Å². The van der Waals surface area contributed by atoms with Gasteiger partial charge in [0.1, 0.15) is 10.6 Å². The fourth-order valence-electron chi connectivity index (χ4n) is 1.60. The Kier molecular flexibility index (Phi) is 5.10. The lowest BCUT2D eigenvalue weighted by Gasteiger charge is -2.15. The number of hydrogen-bond donors (Lipinski definition) is 2. The predicted molar refractivity (Wildman–Crippen MR) is 72.5 cm³/mol. The Balaban J connectivity index is 3.06. The normalized spacial score (nSPS) is 11.8. The maximum Gasteiger partial charge on any atom is 0.267 e. The molecule has 1 aromatic heterocycles. The highest BCUT2D eigenvalue weighted by molar-refractivity contribution is 7.89. The van der Waals surface area contributed by atoms with E-state index >= 15 is 0 Å². The summed E-state index contributed by atoms with van der Waals surface area (Å²) in [4.78, 5) is 11.7. The molecule has 1 aromatic rings. The molecule has 1 heterocycles. The first-order valence-electron chi connectivity index (χ1n) is 5.84. The van der Waals surface area contributed by atoms with E-state index in [0.717, 1.165) is 0 Å². The first-order chi connectivity index (χ1) is 8.84. The number of hydrogen-bond acceptors (Lipinski definition) is 4. The Hall–Kier alpha value is -1.38. The van der Waals surface area contributed by atoms with Crippen molar-refractivity contribution in [3.63, 3.8) is 0 Å². The zero-order valence-electron chi connectivity index (χ0n) is 11.6. The molecule has 0 aliphatic carbocycles. The van der Waals surface area contributed by atoms with E-state index in [-0.39, 0.29) is 10.8 Å². The van der Waals surface area contributed by atoms with E-state index in [2.05, 4.69) is 10.6 Å². The largest absolute Gasteiger partial charge is 0.354 e. The lowest BCUT2D eigenvalue weighted by molar-refractivity contribution is 0.0955. The maximum absolute atomic E-state index is 12.3. The van der Waals surface area contributed by atoms with Gasteiger partial charge < -0.3 is 15.2 Å². The van der Waals surface area contributed by atoms with Crippen LogP contribution in [0.5, 0.6) is 0 Å². The van der Waals surface area contributed by atoms with E-state index in [9.17, 15) is 13.2 Å². The van der Waals surface area contributed by atoms with Crippen LogP contribution in [0.2, 0.25) is 0 Å². The van der Waals surface area contributed by atoms with Crippen LogP contribution in [0.4, 0.5) is 0 Å². The summed E-state index contributed by atoms with van der Waals surface area (Å²) in [6.07, 6.45) is 1.44. The molecule has 0 radical (unpaired) electrons. The number of likely N-dealkylation sites (N-methyl/N-ethyl adjacent to an activating group) is 2. The summed E-state index contributed by atoms with van der Waals surface area (Å²) in [5, 5.41) is 5.36. The molecule has 0 saturated heterocycles. The van der Waals surface area contributed by atoms with Crippen LogP contribution in [-0.4, -0.2) is 57.4 Å². The highest BCUT2D eigenvalue weighted by Crippen LogP contribution is 2.17. The minimum Gasteiger partial charge on any atom is -0.354 e. The molecule has 0 bridgehead atoms. The van der Waals surface area contributed by atoms with Gasteiger partial charge in [0.05, 0.1) is 0 Å². The lowest BCUT2D eigenvalue weighted by Crippen LogP contribution is -2.32. The van der Waals surface area contributed by atoms with Gasteiger partial charge in [0.2, 0.25) is 10.0 Å². The summed E-state index contributed by atoms with van der Waals surface area (Å²) >= 11 is 0. The predicted octanol–water partition coefficient (Wildman–Crippen LogP) is -0.775. The van der Waals surface area contributed by atoms with Crippen molar-refractivity contribution in [3.8, 4) is 0 Å². The number of rotatable bonds is 6. The molecule has 108 valence electrons. The van der Waals surface area contributed by atoms with E-state index in [4.69, 9.17) is 0 Å². The second-order valence-corrected chi connectivity index (χ2v) is 6.23. The third-order valence-corrected chi connectivity index (χ3v) is 4.65. The van der Waals surface area contributed by atoms with Crippen LogP contribution in [0.3, 0.4) is 0 Å². The molecule has 0 aliphatic rings. The van der Waals surface area contributed by atoms with E-state index < -0.39 is 10.0 Å². The van der Waals surface area contributed by atoms with Crippen molar-refractivity contribution in [2.45, 2.75) is 4.90 Å². The van der Waals surface area contributed by atoms with Gasteiger partial charge in [-0.3, -0.25) is 4.79 Å². The fraction of sp³-hybridized carbons (Fsp3) is 0.545. The highest BCUT2D eigenvalue weighted by atomic mass is 32.2. The minimum atomic E-state index is -3.56. The molecule has 19 heavy (non-hydrogen) atoms.